The summed E-state index contributed by atoms with van der Waals surface area (Å²) in [5.41, 5.74) is 2.69. The first-order chi connectivity index (χ1) is 12.7. The highest BCUT2D eigenvalue weighted by atomic mass is 79.9. The Bertz CT molecular complexity index is 632. The summed E-state index contributed by atoms with van der Waals surface area (Å²) in [7, 11) is 0. The molecule has 0 atom stereocenters. The number of benzene rings is 2. The number of hydrogen-bond acceptors (Lipinski definition) is 2. The van der Waals surface area contributed by atoms with Crippen LogP contribution < -0.4 is 10.6 Å². The van der Waals surface area contributed by atoms with Gasteiger partial charge in [0.2, 0.25) is 0 Å². The molecule has 0 heterocycles. The Morgan fingerprint density at radius 2 is 1.00 bits per heavy atom. The van der Waals surface area contributed by atoms with Crippen LogP contribution in [0, 0.1) is 11.8 Å². The van der Waals surface area contributed by atoms with Gasteiger partial charge >= 0.3 is 0 Å². The molecule has 1 aliphatic carbocycles. The normalized spacial score (nSPS) is 18.8. The van der Waals surface area contributed by atoms with Gasteiger partial charge in [0.15, 0.2) is 0 Å². The molecule has 3 rings (SSSR count). The van der Waals surface area contributed by atoms with Crippen LogP contribution in [0.5, 0.6) is 0 Å². The minimum atomic E-state index is 0. The molecule has 2 nitrogen and oxygen atoms in total. The lowest BCUT2D eigenvalue weighted by Gasteiger charge is -2.29. The first-order valence-electron chi connectivity index (χ1n) is 9.60. The summed E-state index contributed by atoms with van der Waals surface area (Å²) < 4.78 is 2.40. The zero-order valence-corrected chi connectivity index (χ0v) is 20.8. The van der Waals surface area contributed by atoms with Gasteiger partial charge in [-0.2, -0.15) is 0 Å². The lowest BCUT2D eigenvalue weighted by Crippen LogP contribution is -2.30. The molecular formula is C22H30Br2Cl2N2. The van der Waals surface area contributed by atoms with Crippen LogP contribution >= 0.6 is 56.7 Å². The van der Waals surface area contributed by atoms with Crippen LogP contribution in [0.15, 0.2) is 57.5 Å². The van der Waals surface area contributed by atoms with E-state index >= 15 is 0 Å². The van der Waals surface area contributed by atoms with Crippen LogP contribution in [0.3, 0.4) is 0 Å². The summed E-state index contributed by atoms with van der Waals surface area (Å²) >= 11 is 7.25. The van der Waals surface area contributed by atoms with E-state index in [1.807, 2.05) is 0 Å². The summed E-state index contributed by atoms with van der Waals surface area (Å²) in [6.45, 7) is 4.18. The van der Waals surface area contributed by atoms with Gasteiger partial charge in [0.1, 0.15) is 0 Å². The lowest BCUT2D eigenvalue weighted by atomic mass is 9.82. The molecule has 1 saturated carbocycles. The third-order valence-corrected chi connectivity index (χ3v) is 6.93. The summed E-state index contributed by atoms with van der Waals surface area (Å²) in [5.74, 6) is 1.66. The third kappa shape index (κ3) is 8.33. The van der Waals surface area contributed by atoms with E-state index in [0.717, 1.165) is 38.0 Å². The van der Waals surface area contributed by atoms with E-state index in [0.29, 0.717) is 0 Å². The quantitative estimate of drug-likeness (QED) is 0.379. The molecule has 0 radical (unpaired) electrons. The molecule has 2 aromatic rings. The minimum Gasteiger partial charge on any atom is -0.312 e. The summed E-state index contributed by atoms with van der Waals surface area (Å²) in [4.78, 5) is 0. The van der Waals surface area contributed by atoms with Crippen LogP contribution in [0.25, 0.3) is 0 Å². The van der Waals surface area contributed by atoms with Gasteiger partial charge in [0, 0.05) is 22.0 Å². The van der Waals surface area contributed by atoms with Crippen molar-refractivity contribution in [3.05, 3.63) is 68.6 Å². The van der Waals surface area contributed by atoms with Gasteiger partial charge in [-0.05, 0) is 73.9 Å². The Kier molecular flexibility index (Phi) is 13.0. The second kappa shape index (κ2) is 14.0. The largest absolute Gasteiger partial charge is 0.312 e. The molecule has 1 aliphatic rings. The fraction of sp³-hybridized carbons (Fsp3) is 0.455. The van der Waals surface area contributed by atoms with Crippen LogP contribution in [-0.4, -0.2) is 13.1 Å². The maximum atomic E-state index is 3.65. The Morgan fingerprint density at radius 3 is 1.36 bits per heavy atom. The van der Waals surface area contributed by atoms with Crippen molar-refractivity contribution in [2.75, 3.05) is 13.1 Å². The average Bonchev–Trinajstić information content (AvgIpc) is 2.66. The number of rotatable bonds is 8. The third-order valence-electron chi connectivity index (χ3n) is 5.38. The molecule has 0 spiro atoms. The van der Waals surface area contributed by atoms with Crippen molar-refractivity contribution in [3.8, 4) is 0 Å². The first-order valence-corrected chi connectivity index (χ1v) is 11.2. The van der Waals surface area contributed by atoms with E-state index in [-0.39, 0.29) is 24.8 Å². The molecule has 0 aliphatic heterocycles. The maximum Gasteiger partial charge on any atom is 0.0220 e. The molecule has 1 fully saturated rings. The molecular weight excluding hydrogens is 523 g/mol. The highest BCUT2D eigenvalue weighted by Gasteiger charge is 2.20. The Morgan fingerprint density at radius 1 is 0.643 bits per heavy atom. The van der Waals surface area contributed by atoms with E-state index in [1.165, 1.54) is 45.8 Å². The highest BCUT2D eigenvalue weighted by Crippen LogP contribution is 2.28. The molecule has 2 aromatic carbocycles. The SMILES string of the molecule is Brc1ccccc1CNCC1CCC(CNCc2ccccc2Br)CC1.Cl.Cl. The van der Waals surface area contributed by atoms with Crippen molar-refractivity contribution in [2.24, 2.45) is 11.8 Å². The van der Waals surface area contributed by atoms with Gasteiger partial charge in [-0.25, -0.2) is 0 Å². The van der Waals surface area contributed by atoms with Crippen molar-refractivity contribution in [1.82, 2.24) is 10.6 Å². The lowest BCUT2D eigenvalue weighted by molar-refractivity contribution is 0.261. The second-order valence-electron chi connectivity index (χ2n) is 7.33. The van der Waals surface area contributed by atoms with E-state index in [2.05, 4.69) is 91.0 Å². The zero-order chi connectivity index (χ0) is 18.2. The Balaban J connectivity index is 0.00000196. The molecule has 0 bridgehead atoms. The van der Waals surface area contributed by atoms with E-state index in [9.17, 15) is 0 Å². The zero-order valence-electron chi connectivity index (χ0n) is 16.0. The minimum absolute atomic E-state index is 0. The van der Waals surface area contributed by atoms with Crippen molar-refractivity contribution >= 4 is 56.7 Å². The Hall–Kier alpha value is -0.100. The molecule has 6 heteroatoms. The smallest absolute Gasteiger partial charge is 0.0220 e. The fourth-order valence-corrected chi connectivity index (χ4v) is 4.60. The second-order valence-corrected chi connectivity index (χ2v) is 9.04. The van der Waals surface area contributed by atoms with Crippen LogP contribution in [-0.2, 0) is 13.1 Å². The van der Waals surface area contributed by atoms with Gasteiger partial charge < -0.3 is 10.6 Å². The summed E-state index contributed by atoms with van der Waals surface area (Å²) in [5, 5.41) is 7.29. The molecule has 28 heavy (non-hydrogen) atoms. The average molecular weight is 553 g/mol. The molecule has 0 unspecified atom stereocenters. The topological polar surface area (TPSA) is 24.1 Å². The van der Waals surface area contributed by atoms with E-state index in [1.54, 1.807) is 0 Å². The van der Waals surface area contributed by atoms with Gasteiger partial charge in [0.25, 0.3) is 0 Å². The predicted molar refractivity (Wildman–Crippen MR) is 132 cm³/mol. The van der Waals surface area contributed by atoms with Crippen LogP contribution in [0.2, 0.25) is 0 Å². The summed E-state index contributed by atoms with van der Waals surface area (Å²) in [6, 6.07) is 16.9. The van der Waals surface area contributed by atoms with Crippen molar-refractivity contribution in [2.45, 2.75) is 38.8 Å². The summed E-state index contributed by atoms with van der Waals surface area (Å²) in [6.07, 6.45) is 5.41. The first kappa shape index (κ1) is 25.9. The number of hydrogen-bond donors (Lipinski definition) is 2. The number of halogens is 4. The van der Waals surface area contributed by atoms with Gasteiger partial charge in [-0.3, -0.25) is 0 Å². The standard InChI is InChI=1S/C22H28Br2N2.2ClH/c23-21-7-3-1-5-19(21)15-25-13-17-9-11-18(12-10-17)14-26-16-20-6-2-4-8-22(20)24;;/h1-8,17-18,25-26H,9-16H2;2*1H. The van der Waals surface area contributed by atoms with Gasteiger partial charge in [-0.1, -0.05) is 68.3 Å². The van der Waals surface area contributed by atoms with Crippen molar-refractivity contribution in [3.63, 3.8) is 0 Å². The van der Waals surface area contributed by atoms with E-state index in [4.69, 9.17) is 0 Å². The molecule has 156 valence electrons. The Labute approximate surface area is 198 Å². The molecule has 0 aromatic heterocycles. The number of nitrogens with one attached hydrogen (secondary N) is 2. The van der Waals surface area contributed by atoms with Gasteiger partial charge in [-0.15, -0.1) is 24.8 Å². The molecule has 0 saturated heterocycles. The predicted octanol–water partition coefficient (Wildman–Crippen LogP) is 6.74. The molecule has 0 amide bonds. The monoisotopic (exact) mass is 550 g/mol. The van der Waals surface area contributed by atoms with Crippen LogP contribution in [0.1, 0.15) is 36.8 Å². The van der Waals surface area contributed by atoms with Crippen LogP contribution in [0.4, 0.5) is 0 Å². The van der Waals surface area contributed by atoms with Gasteiger partial charge in [0.05, 0.1) is 0 Å². The highest BCUT2D eigenvalue weighted by molar-refractivity contribution is 9.10. The molecule has 2 N–H and O–H groups in total. The fourth-order valence-electron chi connectivity index (χ4n) is 3.75. The van der Waals surface area contributed by atoms with Crippen molar-refractivity contribution < 1.29 is 0 Å². The maximum absolute atomic E-state index is 3.65. The van der Waals surface area contributed by atoms with Crippen molar-refractivity contribution in [1.29, 1.82) is 0 Å². The van der Waals surface area contributed by atoms with E-state index < -0.39 is 0 Å².